The summed E-state index contributed by atoms with van der Waals surface area (Å²) >= 11 is 0. The van der Waals surface area contributed by atoms with Gasteiger partial charge in [-0.25, -0.2) is 4.79 Å². The van der Waals surface area contributed by atoms with Crippen LogP contribution in [0.2, 0.25) is 0 Å². The molecule has 0 heterocycles. The van der Waals surface area contributed by atoms with E-state index < -0.39 is 12.0 Å². The molecule has 0 radical (unpaired) electrons. The third-order valence-corrected chi connectivity index (χ3v) is 2.21. The molecule has 1 aromatic rings. The summed E-state index contributed by atoms with van der Waals surface area (Å²) < 4.78 is 4.99. The predicted octanol–water partition coefficient (Wildman–Crippen LogP) is 1.94. The van der Waals surface area contributed by atoms with Gasteiger partial charge in [0.1, 0.15) is 12.3 Å². The van der Waals surface area contributed by atoms with Gasteiger partial charge < -0.3 is 10.5 Å². The number of nitrogens with one attached hydrogen (secondary N) is 1. The molecule has 0 spiro atoms. The Morgan fingerprint density at radius 3 is 2.47 bits per heavy atom. The first kappa shape index (κ1) is 14.8. The smallest absolute Gasteiger partial charge is 0.412 e. The predicted molar refractivity (Wildman–Crippen MR) is 71.9 cm³/mol. The molecule has 0 aliphatic heterocycles. The van der Waals surface area contributed by atoms with E-state index in [0.29, 0.717) is 0 Å². The van der Waals surface area contributed by atoms with Gasteiger partial charge in [0.25, 0.3) is 5.91 Å². The lowest BCUT2D eigenvalue weighted by molar-refractivity contribution is -0.114. The van der Waals surface area contributed by atoms with Crippen molar-refractivity contribution in [2.24, 2.45) is 11.7 Å². The number of nitrogens with two attached hydrogens (primary N) is 1. The van der Waals surface area contributed by atoms with Crippen molar-refractivity contribution >= 4 is 12.0 Å². The Balaban J connectivity index is 2.52. The van der Waals surface area contributed by atoms with E-state index in [0.717, 1.165) is 5.56 Å². The van der Waals surface area contributed by atoms with E-state index in [1.807, 2.05) is 44.2 Å². The molecule has 1 aromatic carbocycles. The van der Waals surface area contributed by atoms with Gasteiger partial charge >= 0.3 is 6.09 Å². The highest BCUT2D eigenvalue weighted by atomic mass is 16.5. The van der Waals surface area contributed by atoms with E-state index in [1.54, 1.807) is 6.08 Å². The Morgan fingerprint density at radius 1 is 1.32 bits per heavy atom. The van der Waals surface area contributed by atoms with Crippen LogP contribution in [-0.4, -0.2) is 12.0 Å². The van der Waals surface area contributed by atoms with Crippen molar-refractivity contribution in [3.8, 4) is 0 Å². The molecule has 2 amide bonds. The number of hydrogen-bond acceptors (Lipinski definition) is 3. The maximum absolute atomic E-state index is 11.5. The van der Waals surface area contributed by atoms with Crippen molar-refractivity contribution < 1.29 is 14.3 Å². The molecule has 5 nitrogen and oxygen atoms in total. The maximum Gasteiger partial charge on any atom is 0.412 e. The highest BCUT2D eigenvalue weighted by Crippen LogP contribution is 2.02. The minimum Gasteiger partial charge on any atom is -0.444 e. The van der Waals surface area contributed by atoms with Gasteiger partial charge in [-0.1, -0.05) is 50.3 Å². The standard InChI is InChI=1S/C14H18N2O3/c1-10(2)8-12(13(15)17)16-14(18)19-9-11-6-4-3-5-7-11/h3-8,10H,9H2,1-2H3,(H2,15,17)(H,16,18)/b12-8+. The molecule has 19 heavy (non-hydrogen) atoms. The summed E-state index contributed by atoms with van der Waals surface area (Å²) in [7, 11) is 0. The second kappa shape index (κ2) is 7.20. The quantitative estimate of drug-likeness (QED) is 0.795. The first-order valence-corrected chi connectivity index (χ1v) is 5.98. The van der Waals surface area contributed by atoms with Crippen molar-refractivity contribution in [2.45, 2.75) is 20.5 Å². The van der Waals surface area contributed by atoms with Gasteiger partial charge in [-0.05, 0) is 11.5 Å². The number of primary amides is 1. The molecule has 1 rings (SSSR count). The number of allylic oxidation sites excluding steroid dienone is 1. The summed E-state index contributed by atoms with van der Waals surface area (Å²) in [6, 6.07) is 9.26. The van der Waals surface area contributed by atoms with Crippen LogP contribution in [0.3, 0.4) is 0 Å². The third kappa shape index (κ3) is 5.72. The van der Waals surface area contributed by atoms with Gasteiger partial charge in [-0.3, -0.25) is 10.1 Å². The van der Waals surface area contributed by atoms with Crippen molar-refractivity contribution in [3.63, 3.8) is 0 Å². The lowest BCUT2D eigenvalue weighted by Gasteiger charge is -2.09. The van der Waals surface area contributed by atoms with E-state index in [-0.39, 0.29) is 18.2 Å². The van der Waals surface area contributed by atoms with Crippen LogP contribution in [0.25, 0.3) is 0 Å². The number of hydrogen-bond donors (Lipinski definition) is 2. The van der Waals surface area contributed by atoms with E-state index in [2.05, 4.69) is 5.32 Å². The lowest BCUT2D eigenvalue weighted by atomic mass is 10.2. The number of carbonyl (C=O) groups is 2. The Hall–Kier alpha value is -2.30. The van der Waals surface area contributed by atoms with E-state index in [9.17, 15) is 9.59 Å². The van der Waals surface area contributed by atoms with Gasteiger partial charge in [0.05, 0.1) is 0 Å². The lowest BCUT2D eigenvalue weighted by Crippen LogP contribution is -2.32. The van der Waals surface area contributed by atoms with Crippen LogP contribution in [0.1, 0.15) is 19.4 Å². The Bertz CT molecular complexity index is 467. The zero-order valence-electron chi connectivity index (χ0n) is 11.1. The molecule has 0 aliphatic rings. The number of carbonyl (C=O) groups excluding carboxylic acids is 2. The second-order valence-electron chi connectivity index (χ2n) is 4.38. The molecule has 5 heteroatoms. The molecule has 3 N–H and O–H groups in total. The first-order valence-electron chi connectivity index (χ1n) is 5.98. The van der Waals surface area contributed by atoms with E-state index in [1.165, 1.54) is 0 Å². The summed E-state index contributed by atoms with van der Waals surface area (Å²) in [6.07, 6.45) is 0.876. The molecule has 0 unspecified atom stereocenters. The van der Waals surface area contributed by atoms with Crippen molar-refractivity contribution in [3.05, 3.63) is 47.7 Å². The highest BCUT2D eigenvalue weighted by Gasteiger charge is 2.11. The SMILES string of the molecule is CC(C)/C=C(/NC(=O)OCc1ccccc1)C(N)=O. The second-order valence-corrected chi connectivity index (χ2v) is 4.38. The zero-order valence-corrected chi connectivity index (χ0v) is 11.1. The van der Waals surface area contributed by atoms with Crippen LogP contribution in [0.4, 0.5) is 4.79 Å². The van der Waals surface area contributed by atoms with Crippen LogP contribution in [0, 0.1) is 5.92 Å². The van der Waals surface area contributed by atoms with Gasteiger partial charge in [-0.15, -0.1) is 0 Å². The molecule has 0 fully saturated rings. The molecule has 0 bridgehead atoms. The van der Waals surface area contributed by atoms with Crippen molar-refractivity contribution in [1.29, 1.82) is 0 Å². The van der Waals surface area contributed by atoms with Crippen LogP contribution < -0.4 is 11.1 Å². The largest absolute Gasteiger partial charge is 0.444 e. The van der Waals surface area contributed by atoms with Crippen LogP contribution in [0.5, 0.6) is 0 Å². The molecule has 0 aromatic heterocycles. The molecular weight excluding hydrogens is 244 g/mol. The summed E-state index contributed by atoms with van der Waals surface area (Å²) in [5, 5.41) is 2.34. The minimum absolute atomic E-state index is 0.0491. The number of rotatable bonds is 5. The maximum atomic E-state index is 11.5. The highest BCUT2D eigenvalue weighted by molar-refractivity contribution is 5.95. The Morgan fingerprint density at radius 2 is 1.95 bits per heavy atom. The third-order valence-electron chi connectivity index (χ3n) is 2.21. The minimum atomic E-state index is -0.699. The summed E-state index contributed by atoms with van der Waals surface area (Å²) in [4.78, 5) is 22.7. The van der Waals surface area contributed by atoms with Crippen LogP contribution in [0.15, 0.2) is 42.1 Å². The summed E-state index contributed by atoms with van der Waals surface area (Å²) in [5.74, 6) is -0.595. The van der Waals surface area contributed by atoms with Crippen LogP contribution in [-0.2, 0) is 16.1 Å². The first-order chi connectivity index (χ1) is 8.99. The summed E-state index contributed by atoms with van der Waals surface area (Å²) in [6.45, 7) is 3.89. The number of ether oxygens (including phenoxy) is 1. The fourth-order valence-corrected chi connectivity index (χ4v) is 1.39. The van der Waals surface area contributed by atoms with Crippen molar-refractivity contribution in [1.82, 2.24) is 5.32 Å². The van der Waals surface area contributed by atoms with Crippen molar-refractivity contribution in [2.75, 3.05) is 0 Å². The molecule has 0 saturated heterocycles. The van der Waals surface area contributed by atoms with Gasteiger partial charge in [0.15, 0.2) is 0 Å². The monoisotopic (exact) mass is 262 g/mol. The molecule has 0 saturated carbocycles. The average Bonchev–Trinajstić information content (AvgIpc) is 2.36. The zero-order chi connectivity index (χ0) is 14.3. The van der Waals surface area contributed by atoms with Gasteiger partial charge in [-0.2, -0.15) is 0 Å². The van der Waals surface area contributed by atoms with Crippen LogP contribution >= 0.6 is 0 Å². The number of alkyl carbamates (subject to hydrolysis) is 1. The number of benzene rings is 1. The molecule has 102 valence electrons. The average molecular weight is 262 g/mol. The molecular formula is C14H18N2O3. The molecule has 0 atom stereocenters. The Kier molecular flexibility index (Phi) is 5.60. The van der Waals surface area contributed by atoms with E-state index in [4.69, 9.17) is 10.5 Å². The van der Waals surface area contributed by atoms with Gasteiger partial charge in [0.2, 0.25) is 0 Å². The Labute approximate surface area is 112 Å². The normalized spacial score (nSPS) is 11.2. The topological polar surface area (TPSA) is 81.4 Å². The number of amides is 2. The van der Waals surface area contributed by atoms with Gasteiger partial charge in [0, 0.05) is 0 Å². The summed E-state index contributed by atoms with van der Waals surface area (Å²) in [5.41, 5.74) is 6.08. The van der Waals surface area contributed by atoms with E-state index >= 15 is 0 Å². The fourth-order valence-electron chi connectivity index (χ4n) is 1.39. The fraction of sp³-hybridized carbons (Fsp3) is 0.286. The molecule has 0 aliphatic carbocycles.